The zero-order valence-electron chi connectivity index (χ0n) is 7.91. The molecule has 0 aromatic carbocycles. The molecule has 1 atom stereocenters. The van der Waals surface area contributed by atoms with Gasteiger partial charge in [0.05, 0.1) is 6.04 Å². The fraction of sp³-hybridized carbons (Fsp3) is 0.625. The predicted molar refractivity (Wildman–Crippen MR) is 54.3 cm³/mol. The van der Waals surface area contributed by atoms with Crippen molar-refractivity contribution < 1.29 is 4.79 Å². The number of carbonyl (C=O) groups is 1. The van der Waals surface area contributed by atoms with Crippen LogP contribution in [0.1, 0.15) is 17.8 Å². The van der Waals surface area contributed by atoms with Crippen molar-refractivity contribution in [1.29, 1.82) is 0 Å². The summed E-state index contributed by atoms with van der Waals surface area (Å²) >= 11 is 1.39. The Bertz CT molecular complexity index is 332. The maximum atomic E-state index is 11.6. The van der Waals surface area contributed by atoms with Crippen LogP contribution < -0.4 is 10.6 Å². The molecule has 0 saturated carbocycles. The molecule has 0 aliphatic carbocycles. The fourth-order valence-corrected chi connectivity index (χ4v) is 2.04. The Kier molecular flexibility index (Phi) is 2.74. The molecular weight excluding hydrogens is 200 g/mol. The van der Waals surface area contributed by atoms with Gasteiger partial charge in [-0.3, -0.25) is 10.1 Å². The summed E-state index contributed by atoms with van der Waals surface area (Å²) in [5, 5.41) is 15.0. The topological polar surface area (TPSA) is 66.9 Å². The lowest BCUT2D eigenvalue weighted by Gasteiger charge is -2.07. The first kappa shape index (κ1) is 9.54. The summed E-state index contributed by atoms with van der Waals surface area (Å²) in [5.74, 6) is -0.00125. The summed E-state index contributed by atoms with van der Waals surface area (Å²) in [7, 11) is 0. The first-order chi connectivity index (χ1) is 6.75. The van der Waals surface area contributed by atoms with Crippen LogP contribution in [0.5, 0.6) is 0 Å². The van der Waals surface area contributed by atoms with Gasteiger partial charge < -0.3 is 5.32 Å². The summed E-state index contributed by atoms with van der Waals surface area (Å²) in [5.41, 5.74) is 0. The van der Waals surface area contributed by atoms with E-state index < -0.39 is 0 Å². The van der Waals surface area contributed by atoms with Gasteiger partial charge in [0.1, 0.15) is 5.01 Å². The van der Waals surface area contributed by atoms with E-state index in [0.29, 0.717) is 5.13 Å². The van der Waals surface area contributed by atoms with Crippen LogP contribution in [-0.4, -0.2) is 28.7 Å². The molecule has 2 rings (SSSR count). The molecule has 5 nitrogen and oxygen atoms in total. The van der Waals surface area contributed by atoms with Crippen molar-refractivity contribution in [2.45, 2.75) is 25.8 Å². The fourth-order valence-electron chi connectivity index (χ4n) is 1.45. The average Bonchev–Trinajstić information content (AvgIpc) is 2.75. The Labute approximate surface area is 85.9 Å². The Morgan fingerprint density at radius 1 is 1.64 bits per heavy atom. The summed E-state index contributed by atoms with van der Waals surface area (Å²) in [6.07, 6.45) is 1.97. The Balaban J connectivity index is 1.93. The number of nitrogens with zero attached hydrogens (tertiary/aromatic N) is 2. The van der Waals surface area contributed by atoms with Crippen LogP contribution >= 0.6 is 11.3 Å². The molecule has 14 heavy (non-hydrogen) atoms. The van der Waals surface area contributed by atoms with Crippen LogP contribution in [-0.2, 0) is 4.79 Å². The number of hydrogen-bond donors (Lipinski definition) is 2. The van der Waals surface area contributed by atoms with Crippen molar-refractivity contribution in [3.63, 3.8) is 0 Å². The minimum absolute atomic E-state index is 0.00125. The highest BCUT2D eigenvalue weighted by Gasteiger charge is 2.22. The lowest BCUT2D eigenvalue weighted by Crippen LogP contribution is -2.35. The summed E-state index contributed by atoms with van der Waals surface area (Å²) in [6, 6.07) is -0.0563. The lowest BCUT2D eigenvalue weighted by molar-refractivity contribution is -0.117. The molecule has 0 unspecified atom stereocenters. The third-order valence-electron chi connectivity index (χ3n) is 2.13. The van der Waals surface area contributed by atoms with Crippen LogP contribution in [0.2, 0.25) is 0 Å². The first-order valence-corrected chi connectivity index (χ1v) is 5.42. The van der Waals surface area contributed by atoms with Gasteiger partial charge in [0, 0.05) is 0 Å². The van der Waals surface area contributed by atoms with Crippen LogP contribution in [0.25, 0.3) is 0 Å². The molecule has 6 heteroatoms. The number of hydrogen-bond acceptors (Lipinski definition) is 5. The van der Waals surface area contributed by atoms with Gasteiger partial charge in [0.25, 0.3) is 0 Å². The average molecular weight is 212 g/mol. The van der Waals surface area contributed by atoms with E-state index in [0.717, 1.165) is 24.4 Å². The lowest BCUT2D eigenvalue weighted by atomic mass is 10.2. The van der Waals surface area contributed by atoms with Gasteiger partial charge in [-0.1, -0.05) is 11.3 Å². The zero-order chi connectivity index (χ0) is 9.97. The van der Waals surface area contributed by atoms with Gasteiger partial charge in [0.15, 0.2) is 0 Å². The summed E-state index contributed by atoms with van der Waals surface area (Å²) < 4.78 is 0. The number of nitrogens with one attached hydrogen (secondary N) is 2. The molecule has 1 aliphatic rings. The number of aryl methyl sites for hydroxylation is 1. The molecule has 1 aliphatic heterocycles. The minimum atomic E-state index is -0.0563. The van der Waals surface area contributed by atoms with Gasteiger partial charge >= 0.3 is 0 Å². The van der Waals surface area contributed by atoms with Crippen molar-refractivity contribution in [3.05, 3.63) is 5.01 Å². The largest absolute Gasteiger partial charge is 0.306 e. The molecule has 1 saturated heterocycles. The van der Waals surface area contributed by atoms with E-state index in [2.05, 4.69) is 20.8 Å². The van der Waals surface area contributed by atoms with E-state index in [9.17, 15) is 4.79 Å². The molecule has 1 fully saturated rings. The van der Waals surface area contributed by atoms with Gasteiger partial charge in [-0.25, -0.2) is 0 Å². The predicted octanol–water partition coefficient (Wildman–Crippen LogP) is 0.537. The second-order valence-electron chi connectivity index (χ2n) is 3.26. The van der Waals surface area contributed by atoms with Crippen molar-refractivity contribution in [3.8, 4) is 0 Å². The van der Waals surface area contributed by atoms with Crippen LogP contribution in [0.3, 0.4) is 0 Å². The van der Waals surface area contributed by atoms with Crippen molar-refractivity contribution in [2.75, 3.05) is 11.9 Å². The van der Waals surface area contributed by atoms with E-state index in [1.54, 1.807) is 0 Å². The molecule has 76 valence electrons. The monoisotopic (exact) mass is 212 g/mol. The molecule has 0 spiro atoms. The normalized spacial score (nSPS) is 21.1. The quantitative estimate of drug-likeness (QED) is 0.750. The molecular formula is C8H12N4OS. The molecule has 2 heterocycles. The number of rotatable bonds is 2. The molecule has 1 amide bonds. The number of aromatic nitrogens is 2. The highest BCUT2D eigenvalue weighted by Crippen LogP contribution is 2.15. The zero-order valence-corrected chi connectivity index (χ0v) is 8.73. The van der Waals surface area contributed by atoms with E-state index in [1.807, 2.05) is 6.92 Å². The minimum Gasteiger partial charge on any atom is -0.306 e. The highest BCUT2D eigenvalue weighted by molar-refractivity contribution is 7.15. The smallest absolute Gasteiger partial charge is 0.243 e. The van der Waals surface area contributed by atoms with Crippen LogP contribution in [0.4, 0.5) is 5.13 Å². The Hall–Kier alpha value is -1.01. The molecule has 2 N–H and O–H groups in total. The van der Waals surface area contributed by atoms with Crippen molar-refractivity contribution >= 4 is 22.4 Å². The van der Waals surface area contributed by atoms with E-state index >= 15 is 0 Å². The highest BCUT2D eigenvalue weighted by atomic mass is 32.1. The van der Waals surface area contributed by atoms with Crippen molar-refractivity contribution in [1.82, 2.24) is 15.5 Å². The summed E-state index contributed by atoms with van der Waals surface area (Å²) in [4.78, 5) is 11.6. The molecule has 1 aromatic heterocycles. The standard InChI is InChI=1S/C8H12N4OS/c1-5-11-12-8(14-5)10-7(13)6-3-2-4-9-6/h6,9H,2-4H2,1H3,(H,10,12,13)/t6-/m1/s1. The second kappa shape index (κ2) is 4.02. The van der Waals surface area contributed by atoms with Gasteiger partial charge in [-0.2, -0.15) is 0 Å². The van der Waals surface area contributed by atoms with Crippen LogP contribution in [0, 0.1) is 6.92 Å². The Morgan fingerprint density at radius 3 is 3.07 bits per heavy atom. The first-order valence-electron chi connectivity index (χ1n) is 4.60. The van der Waals surface area contributed by atoms with Crippen molar-refractivity contribution in [2.24, 2.45) is 0 Å². The Morgan fingerprint density at radius 2 is 2.50 bits per heavy atom. The third kappa shape index (κ3) is 2.08. The van der Waals surface area contributed by atoms with E-state index in [4.69, 9.17) is 0 Å². The molecule has 1 aromatic rings. The molecule has 0 bridgehead atoms. The van der Waals surface area contributed by atoms with E-state index in [1.165, 1.54) is 11.3 Å². The maximum Gasteiger partial charge on any atom is 0.243 e. The molecule has 0 radical (unpaired) electrons. The third-order valence-corrected chi connectivity index (χ3v) is 2.89. The van der Waals surface area contributed by atoms with E-state index in [-0.39, 0.29) is 11.9 Å². The van der Waals surface area contributed by atoms with Gasteiger partial charge in [-0.15, -0.1) is 10.2 Å². The number of carbonyl (C=O) groups excluding carboxylic acids is 1. The number of amides is 1. The SMILES string of the molecule is Cc1nnc(NC(=O)[C@H]2CCCN2)s1. The van der Waals surface area contributed by atoms with Gasteiger partial charge in [-0.05, 0) is 26.3 Å². The maximum absolute atomic E-state index is 11.6. The van der Waals surface area contributed by atoms with Crippen LogP contribution in [0.15, 0.2) is 0 Å². The van der Waals surface area contributed by atoms with Gasteiger partial charge in [0.2, 0.25) is 11.0 Å². The number of anilines is 1. The summed E-state index contributed by atoms with van der Waals surface area (Å²) in [6.45, 7) is 2.79. The second-order valence-corrected chi connectivity index (χ2v) is 4.45.